The standard InChI is InChI=1S/C20H25N3O3/c1-3-7-14-18(20(24)25-4-2)17(13(11-21)19(22)23-14)16-10-12-8-5-6-9-15(12)26-16/h5-6,8-9,11,16-17H,3-4,7,10,21H2,1-2H3,(H2,22,23)/b13-11-. The molecule has 4 N–H and O–H groups in total. The lowest BCUT2D eigenvalue weighted by atomic mass is 9.80. The van der Waals surface area contributed by atoms with Gasteiger partial charge in [0.15, 0.2) is 0 Å². The molecule has 0 saturated carbocycles. The van der Waals surface area contributed by atoms with Gasteiger partial charge in [0.1, 0.15) is 17.7 Å². The highest BCUT2D eigenvalue weighted by Gasteiger charge is 2.42. The van der Waals surface area contributed by atoms with Gasteiger partial charge in [-0.2, -0.15) is 0 Å². The number of rotatable bonds is 5. The lowest BCUT2D eigenvalue weighted by Gasteiger charge is -2.31. The predicted octanol–water partition coefficient (Wildman–Crippen LogP) is 2.44. The number of esters is 1. The van der Waals surface area contributed by atoms with Crippen molar-refractivity contribution in [2.45, 2.75) is 39.2 Å². The summed E-state index contributed by atoms with van der Waals surface area (Å²) in [6.45, 7) is 4.11. The fourth-order valence-corrected chi connectivity index (χ4v) is 3.62. The molecule has 1 aromatic rings. The molecule has 0 saturated heterocycles. The van der Waals surface area contributed by atoms with Gasteiger partial charge in [0.05, 0.1) is 23.8 Å². The van der Waals surface area contributed by atoms with Gasteiger partial charge < -0.3 is 20.9 Å². The van der Waals surface area contributed by atoms with Crippen molar-refractivity contribution in [1.82, 2.24) is 0 Å². The van der Waals surface area contributed by atoms with Crippen molar-refractivity contribution in [1.29, 1.82) is 0 Å². The molecule has 2 heterocycles. The van der Waals surface area contributed by atoms with E-state index in [1.54, 1.807) is 6.92 Å². The summed E-state index contributed by atoms with van der Waals surface area (Å²) < 4.78 is 11.5. The van der Waals surface area contributed by atoms with Crippen LogP contribution in [-0.4, -0.2) is 24.5 Å². The van der Waals surface area contributed by atoms with Crippen LogP contribution in [0.5, 0.6) is 5.75 Å². The van der Waals surface area contributed by atoms with Crippen molar-refractivity contribution < 1.29 is 14.3 Å². The molecule has 6 nitrogen and oxygen atoms in total. The number of para-hydroxylation sites is 1. The minimum absolute atomic E-state index is 0.275. The van der Waals surface area contributed by atoms with Crippen molar-refractivity contribution in [3.63, 3.8) is 0 Å². The first-order valence-corrected chi connectivity index (χ1v) is 9.01. The van der Waals surface area contributed by atoms with Crippen molar-refractivity contribution in [2.24, 2.45) is 22.4 Å². The number of aliphatic imine (C=N–C) groups is 1. The highest BCUT2D eigenvalue weighted by Crippen LogP contribution is 2.40. The van der Waals surface area contributed by atoms with Gasteiger partial charge in [0.2, 0.25) is 0 Å². The zero-order valence-corrected chi connectivity index (χ0v) is 15.2. The van der Waals surface area contributed by atoms with Crippen molar-refractivity contribution >= 4 is 11.8 Å². The molecule has 1 aromatic carbocycles. The number of benzene rings is 1. The van der Waals surface area contributed by atoms with Gasteiger partial charge in [-0.25, -0.2) is 9.79 Å². The third kappa shape index (κ3) is 3.19. The molecular formula is C20H25N3O3. The number of carbonyl (C=O) groups excluding carboxylic acids is 1. The Morgan fingerprint density at radius 3 is 2.81 bits per heavy atom. The lowest BCUT2D eigenvalue weighted by molar-refractivity contribution is -0.139. The van der Waals surface area contributed by atoms with E-state index in [1.165, 1.54) is 6.20 Å². The maximum atomic E-state index is 12.8. The molecular weight excluding hydrogens is 330 g/mol. The second-order valence-corrected chi connectivity index (χ2v) is 6.40. The minimum Gasteiger partial charge on any atom is -0.489 e. The van der Waals surface area contributed by atoms with Gasteiger partial charge in [0.25, 0.3) is 0 Å². The molecule has 0 aliphatic carbocycles. The lowest BCUT2D eigenvalue weighted by Crippen LogP contribution is -2.39. The Kier molecular flexibility index (Phi) is 5.30. The van der Waals surface area contributed by atoms with Gasteiger partial charge in [0, 0.05) is 18.2 Å². The van der Waals surface area contributed by atoms with Gasteiger partial charge >= 0.3 is 5.97 Å². The Bertz CT molecular complexity index is 770. The van der Waals surface area contributed by atoms with E-state index in [4.69, 9.17) is 20.9 Å². The molecule has 3 rings (SSSR count). The number of carbonyl (C=O) groups is 1. The Labute approximate surface area is 153 Å². The third-order valence-electron chi connectivity index (χ3n) is 4.71. The Morgan fingerprint density at radius 2 is 2.15 bits per heavy atom. The molecule has 138 valence electrons. The van der Waals surface area contributed by atoms with Crippen LogP contribution in [0.2, 0.25) is 0 Å². The van der Waals surface area contributed by atoms with Crippen LogP contribution >= 0.6 is 0 Å². The van der Waals surface area contributed by atoms with Crippen LogP contribution in [0.3, 0.4) is 0 Å². The van der Waals surface area contributed by atoms with E-state index in [-0.39, 0.29) is 12.1 Å². The summed E-state index contributed by atoms with van der Waals surface area (Å²) in [6, 6.07) is 7.87. The summed E-state index contributed by atoms with van der Waals surface area (Å²) in [6.07, 6.45) is 3.31. The molecule has 0 bridgehead atoms. The average molecular weight is 355 g/mol. The van der Waals surface area contributed by atoms with Crippen LogP contribution in [0.1, 0.15) is 32.3 Å². The van der Waals surface area contributed by atoms with Gasteiger partial charge in [-0.1, -0.05) is 31.5 Å². The Balaban J connectivity index is 2.06. The number of nitrogens with zero attached hydrogens (tertiary/aromatic N) is 1. The van der Waals surface area contributed by atoms with E-state index < -0.39 is 5.92 Å². The second-order valence-electron chi connectivity index (χ2n) is 6.40. The molecule has 26 heavy (non-hydrogen) atoms. The minimum atomic E-state index is -0.398. The number of nitrogens with two attached hydrogens (primary N) is 2. The first-order chi connectivity index (χ1) is 12.6. The molecule has 2 aliphatic rings. The summed E-state index contributed by atoms with van der Waals surface area (Å²) in [7, 11) is 0. The summed E-state index contributed by atoms with van der Waals surface area (Å²) in [4.78, 5) is 17.2. The molecule has 2 aliphatic heterocycles. The molecule has 2 atom stereocenters. The van der Waals surface area contributed by atoms with Crippen LogP contribution in [-0.2, 0) is 16.0 Å². The number of ether oxygens (including phenoxy) is 2. The quantitative estimate of drug-likeness (QED) is 0.790. The van der Waals surface area contributed by atoms with E-state index >= 15 is 0 Å². The van der Waals surface area contributed by atoms with Crippen LogP contribution in [0.4, 0.5) is 0 Å². The Morgan fingerprint density at radius 1 is 1.38 bits per heavy atom. The fourth-order valence-electron chi connectivity index (χ4n) is 3.62. The normalized spacial score (nSPS) is 23.5. The summed E-state index contributed by atoms with van der Waals surface area (Å²) >= 11 is 0. The van der Waals surface area contributed by atoms with Gasteiger partial charge in [-0.15, -0.1) is 0 Å². The molecule has 0 spiro atoms. The van der Waals surface area contributed by atoms with Crippen molar-refractivity contribution in [3.05, 3.63) is 52.9 Å². The predicted molar refractivity (Wildman–Crippen MR) is 101 cm³/mol. The molecule has 0 fully saturated rings. The van der Waals surface area contributed by atoms with Gasteiger partial charge in [-0.3, -0.25) is 0 Å². The van der Waals surface area contributed by atoms with E-state index in [1.807, 2.05) is 31.2 Å². The monoisotopic (exact) mass is 355 g/mol. The van der Waals surface area contributed by atoms with Gasteiger partial charge in [-0.05, 0) is 25.0 Å². The molecule has 2 unspecified atom stereocenters. The first kappa shape index (κ1) is 18.0. The molecule has 6 heteroatoms. The molecule has 0 aromatic heterocycles. The van der Waals surface area contributed by atoms with E-state index in [0.29, 0.717) is 42.1 Å². The maximum absolute atomic E-state index is 12.8. The zero-order chi connectivity index (χ0) is 18.7. The zero-order valence-electron chi connectivity index (χ0n) is 15.2. The summed E-state index contributed by atoms with van der Waals surface area (Å²) in [5, 5.41) is 0. The fraction of sp³-hybridized carbons (Fsp3) is 0.400. The SMILES string of the molecule is CCCC1=C(C(=O)OCC)C(C2Cc3ccccc3O2)/C(=C/N)C(N)=N1. The van der Waals surface area contributed by atoms with Crippen molar-refractivity contribution in [2.75, 3.05) is 6.61 Å². The highest BCUT2D eigenvalue weighted by atomic mass is 16.5. The third-order valence-corrected chi connectivity index (χ3v) is 4.71. The highest BCUT2D eigenvalue weighted by molar-refractivity contribution is 6.04. The van der Waals surface area contributed by atoms with Crippen LogP contribution in [0, 0.1) is 5.92 Å². The number of hydrogen-bond acceptors (Lipinski definition) is 6. The smallest absolute Gasteiger partial charge is 0.336 e. The number of amidine groups is 1. The average Bonchev–Trinajstić information content (AvgIpc) is 3.05. The van der Waals surface area contributed by atoms with Crippen LogP contribution in [0.15, 0.2) is 52.3 Å². The van der Waals surface area contributed by atoms with Crippen molar-refractivity contribution in [3.8, 4) is 5.75 Å². The van der Waals surface area contributed by atoms with Crippen LogP contribution < -0.4 is 16.2 Å². The van der Waals surface area contributed by atoms with E-state index in [9.17, 15) is 4.79 Å². The van der Waals surface area contributed by atoms with E-state index in [2.05, 4.69) is 4.99 Å². The maximum Gasteiger partial charge on any atom is 0.336 e. The summed E-state index contributed by atoms with van der Waals surface area (Å²) in [5.74, 6) is 0.394. The molecule has 0 radical (unpaired) electrons. The van der Waals surface area contributed by atoms with E-state index in [0.717, 1.165) is 17.7 Å². The number of fused-ring (bicyclic) bond motifs is 1. The largest absolute Gasteiger partial charge is 0.489 e. The topological polar surface area (TPSA) is 99.9 Å². The first-order valence-electron chi connectivity index (χ1n) is 9.01. The molecule has 0 amide bonds. The number of allylic oxidation sites excluding steroid dienone is 1. The van der Waals surface area contributed by atoms with Crippen LogP contribution in [0.25, 0.3) is 0 Å². The number of hydrogen-bond donors (Lipinski definition) is 2. The second kappa shape index (κ2) is 7.64. The Hall–Kier alpha value is -2.76. The summed E-state index contributed by atoms with van der Waals surface area (Å²) in [5.41, 5.74) is 14.9.